The first-order valence-corrected chi connectivity index (χ1v) is 5.59. The Morgan fingerprint density at radius 2 is 2.60 bits per heavy atom. The van der Waals surface area contributed by atoms with E-state index in [1.807, 2.05) is 6.20 Å². The van der Waals surface area contributed by atoms with E-state index >= 15 is 0 Å². The van der Waals surface area contributed by atoms with Gasteiger partial charge in [-0.25, -0.2) is 4.98 Å². The normalized spacial score (nSPS) is 10.2. The van der Waals surface area contributed by atoms with E-state index in [0.29, 0.717) is 5.88 Å². The number of halogens is 1. The van der Waals surface area contributed by atoms with Crippen LogP contribution in [0.2, 0.25) is 0 Å². The van der Waals surface area contributed by atoms with Crippen LogP contribution in [0, 0.1) is 0 Å². The molecule has 0 atom stereocenters. The summed E-state index contributed by atoms with van der Waals surface area (Å²) in [7, 11) is 0. The van der Waals surface area contributed by atoms with Gasteiger partial charge in [0.15, 0.2) is 0 Å². The van der Waals surface area contributed by atoms with Crippen LogP contribution in [0.5, 0.6) is 0 Å². The maximum Gasteiger partial charge on any atom is 0.103 e. The first-order chi connectivity index (χ1) is 4.86. The van der Waals surface area contributed by atoms with Gasteiger partial charge in [-0.15, -0.1) is 22.9 Å². The number of hydrogen-bond acceptors (Lipinski definition) is 3. The zero-order chi connectivity index (χ0) is 7.40. The fourth-order valence-corrected chi connectivity index (χ4v) is 2.31. The molecule has 56 valence electrons. The quantitative estimate of drug-likeness (QED) is 0.685. The monoisotopic (exact) mass is 193 g/mol. The Morgan fingerprint density at radius 3 is 3.10 bits per heavy atom. The molecule has 0 radical (unpaired) electrons. The molecular weight excluding hydrogens is 186 g/mol. The van der Waals surface area contributed by atoms with Gasteiger partial charge in [0, 0.05) is 16.8 Å². The lowest BCUT2D eigenvalue weighted by Crippen LogP contribution is -1.72. The molecule has 0 saturated heterocycles. The highest BCUT2D eigenvalue weighted by atomic mass is 35.5. The molecule has 0 saturated carbocycles. The average Bonchev–Trinajstić information content (AvgIpc) is 2.37. The second-order valence-corrected chi connectivity index (χ2v) is 4.12. The highest BCUT2D eigenvalue weighted by molar-refractivity contribution is 7.97. The van der Waals surface area contributed by atoms with Crippen molar-refractivity contribution in [1.82, 2.24) is 4.98 Å². The summed E-state index contributed by atoms with van der Waals surface area (Å²) >= 11 is 9.08. The highest BCUT2D eigenvalue weighted by Gasteiger charge is 1.98. The van der Waals surface area contributed by atoms with Crippen molar-refractivity contribution < 1.29 is 0 Å². The van der Waals surface area contributed by atoms with E-state index in [2.05, 4.69) is 11.2 Å². The van der Waals surface area contributed by atoms with E-state index < -0.39 is 0 Å². The summed E-state index contributed by atoms with van der Waals surface area (Å²) in [5.41, 5.74) is 0. The third kappa shape index (κ3) is 2.15. The maximum absolute atomic E-state index is 5.60. The number of alkyl halides is 1. The van der Waals surface area contributed by atoms with E-state index in [1.54, 1.807) is 23.1 Å². The van der Waals surface area contributed by atoms with Crippen molar-refractivity contribution in [2.24, 2.45) is 0 Å². The van der Waals surface area contributed by atoms with Gasteiger partial charge in [0.1, 0.15) is 5.01 Å². The molecule has 0 spiro atoms. The summed E-state index contributed by atoms with van der Waals surface area (Å²) in [6.45, 7) is 0. The summed E-state index contributed by atoms with van der Waals surface area (Å²) in [6.07, 6.45) is 3.92. The molecule has 1 aromatic rings. The summed E-state index contributed by atoms with van der Waals surface area (Å²) in [5.74, 6) is 1.59. The minimum atomic E-state index is 0.589. The Bertz CT molecular complexity index is 199. The van der Waals surface area contributed by atoms with Crippen molar-refractivity contribution in [3.63, 3.8) is 0 Å². The molecule has 1 rings (SSSR count). The predicted molar refractivity (Wildman–Crippen MR) is 48.9 cm³/mol. The van der Waals surface area contributed by atoms with Gasteiger partial charge in [0.05, 0.1) is 5.88 Å². The molecule has 0 amide bonds. The zero-order valence-electron chi connectivity index (χ0n) is 5.63. The molecule has 0 aliphatic carbocycles. The van der Waals surface area contributed by atoms with Crippen LogP contribution >= 0.6 is 34.7 Å². The number of aromatic nitrogens is 1. The topological polar surface area (TPSA) is 12.9 Å². The molecule has 0 N–H and O–H groups in total. The van der Waals surface area contributed by atoms with Gasteiger partial charge in [-0.3, -0.25) is 0 Å². The molecule has 0 aliphatic heterocycles. The molecule has 1 heterocycles. The molecule has 1 nitrogen and oxygen atoms in total. The molecule has 10 heavy (non-hydrogen) atoms. The third-order valence-electron chi connectivity index (χ3n) is 1.00. The van der Waals surface area contributed by atoms with Crippen LogP contribution in [0.3, 0.4) is 0 Å². The number of thioether (sulfide) groups is 1. The van der Waals surface area contributed by atoms with Gasteiger partial charge in [-0.05, 0) is 6.26 Å². The Kier molecular flexibility index (Phi) is 3.52. The van der Waals surface area contributed by atoms with Crippen molar-refractivity contribution in [3.8, 4) is 0 Å². The van der Waals surface area contributed by atoms with Crippen molar-refractivity contribution in [3.05, 3.63) is 16.1 Å². The molecule has 0 unspecified atom stereocenters. The van der Waals surface area contributed by atoms with Gasteiger partial charge in [-0.1, -0.05) is 0 Å². The fourth-order valence-electron chi connectivity index (χ4n) is 0.600. The number of hydrogen-bond donors (Lipinski definition) is 0. The zero-order valence-corrected chi connectivity index (χ0v) is 8.02. The van der Waals surface area contributed by atoms with Crippen LogP contribution in [-0.2, 0) is 11.6 Å². The predicted octanol–water partition coefficient (Wildman–Crippen LogP) is 2.74. The van der Waals surface area contributed by atoms with Gasteiger partial charge in [-0.2, -0.15) is 11.8 Å². The molecular formula is C6H8ClNS2. The molecule has 1 aromatic heterocycles. The summed E-state index contributed by atoms with van der Waals surface area (Å²) < 4.78 is 0. The van der Waals surface area contributed by atoms with Gasteiger partial charge in [0.2, 0.25) is 0 Å². The fraction of sp³-hybridized carbons (Fsp3) is 0.500. The lowest BCUT2D eigenvalue weighted by Gasteiger charge is -1.86. The smallest absolute Gasteiger partial charge is 0.103 e. The van der Waals surface area contributed by atoms with Crippen molar-refractivity contribution in [2.45, 2.75) is 11.6 Å². The van der Waals surface area contributed by atoms with Crippen LogP contribution < -0.4 is 0 Å². The van der Waals surface area contributed by atoms with Crippen LogP contribution in [-0.4, -0.2) is 11.2 Å². The second-order valence-electron chi connectivity index (χ2n) is 1.79. The van der Waals surface area contributed by atoms with E-state index in [0.717, 1.165) is 10.6 Å². The SMILES string of the molecule is CSCc1ncc(CCl)s1. The van der Waals surface area contributed by atoms with E-state index in [9.17, 15) is 0 Å². The van der Waals surface area contributed by atoms with Crippen molar-refractivity contribution >= 4 is 34.7 Å². The van der Waals surface area contributed by atoms with Crippen molar-refractivity contribution in [1.29, 1.82) is 0 Å². The summed E-state index contributed by atoms with van der Waals surface area (Å²) in [4.78, 5) is 5.35. The average molecular weight is 194 g/mol. The van der Waals surface area contributed by atoms with Gasteiger partial charge < -0.3 is 0 Å². The number of rotatable bonds is 3. The minimum Gasteiger partial charge on any atom is -0.248 e. The first-order valence-electron chi connectivity index (χ1n) is 2.85. The molecule has 0 bridgehead atoms. The maximum atomic E-state index is 5.60. The van der Waals surface area contributed by atoms with Gasteiger partial charge >= 0.3 is 0 Å². The van der Waals surface area contributed by atoms with Crippen molar-refractivity contribution in [2.75, 3.05) is 6.26 Å². The summed E-state index contributed by atoms with van der Waals surface area (Å²) in [5, 5.41) is 1.17. The van der Waals surface area contributed by atoms with Crippen LogP contribution in [0.15, 0.2) is 6.20 Å². The number of nitrogens with zero attached hydrogens (tertiary/aromatic N) is 1. The largest absolute Gasteiger partial charge is 0.248 e. The Morgan fingerprint density at radius 1 is 1.80 bits per heavy atom. The standard InChI is InChI=1S/C6H8ClNS2/c1-9-4-6-8-3-5(2-7)10-6/h3H,2,4H2,1H3. The Labute approximate surface area is 73.8 Å². The molecule has 4 heteroatoms. The second kappa shape index (κ2) is 4.21. The van der Waals surface area contributed by atoms with Gasteiger partial charge in [0.25, 0.3) is 0 Å². The molecule has 0 fully saturated rings. The van der Waals surface area contributed by atoms with Crippen LogP contribution in [0.1, 0.15) is 9.88 Å². The van der Waals surface area contributed by atoms with E-state index in [4.69, 9.17) is 11.6 Å². The summed E-state index contributed by atoms with van der Waals surface area (Å²) in [6, 6.07) is 0. The Balaban J connectivity index is 2.59. The molecule has 0 aliphatic rings. The lowest BCUT2D eigenvalue weighted by molar-refractivity contribution is 1.26. The first kappa shape index (κ1) is 8.37. The van der Waals surface area contributed by atoms with Crippen LogP contribution in [0.25, 0.3) is 0 Å². The highest BCUT2D eigenvalue weighted by Crippen LogP contribution is 2.18. The number of thiazole rings is 1. The van der Waals surface area contributed by atoms with Crippen LogP contribution in [0.4, 0.5) is 0 Å². The van der Waals surface area contributed by atoms with E-state index in [-0.39, 0.29) is 0 Å². The molecule has 0 aromatic carbocycles. The lowest BCUT2D eigenvalue weighted by atomic mass is 10.6. The Hall–Kier alpha value is 0.270. The minimum absolute atomic E-state index is 0.589. The van der Waals surface area contributed by atoms with E-state index in [1.165, 1.54) is 5.01 Å². The third-order valence-corrected chi connectivity index (χ3v) is 3.19.